The Balaban J connectivity index is 2.01. The van der Waals surface area contributed by atoms with Crippen molar-refractivity contribution >= 4 is 21.6 Å². The molecule has 2 N–H and O–H groups in total. The van der Waals surface area contributed by atoms with Crippen molar-refractivity contribution in [3.63, 3.8) is 0 Å². The topological polar surface area (TPSA) is 24.1 Å². The molecule has 0 bridgehead atoms. The minimum absolute atomic E-state index is 0.430. The van der Waals surface area contributed by atoms with Gasteiger partial charge in [0.2, 0.25) is 0 Å². The summed E-state index contributed by atoms with van der Waals surface area (Å²) in [7, 11) is 4.25. The van der Waals surface area contributed by atoms with Gasteiger partial charge in [-0.05, 0) is 62.3 Å². The summed E-state index contributed by atoms with van der Waals surface area (Å²) in [4.78, 5) is 0. The van der Waals surface area contributed by atoms with Crippen LogP contribution in [0.4, 0.5) is 0 Å². The molecule has 22 heavy (non-hydrogen) atoms. The van der Waals surface area contributed by atoms with Gasteiger partial charge in [0, 0.05) is 18.3 Å². The van der Waals surface area contributed by atoms with Crippen LogP contribution in [0.2, 0.25) is 0 Å². The fourth-order valence-corrected chi connectivity index (χ4v) is 6.77. The van der Waals surface area contributed by atoms with Gasteiger partial charge >= 0.3 is 0 Å². The highest BCUT2D eigenvalue weighted by Gasteiger charge is 2.32. The summed E-state index contributed by atoms with van der Waals surface area (Å²) >= 11 is 0. The van der Waals surface area contributed by atoms with Crippen LogP contribution in [-0.2, 0) is 0 Å². The molecule has 2 saturated heterocycles. The van der Waals surface area contributed by atoms with E-state index in [2.05, 4.69) is 59.9 Å². The van der Waals surface area contributed by atoms with Crippen LogP contribution >= 0.6 is 21.6 Å². The van der Waals surface area contributed by atoms with Crippen LogP contribution in [0.1, 0.15) is 66.2 Å². The smallest absolute Gasteiger partial charge is 0.0668 e. The van der Waals surface area contributed by atoms with Gasteiger partial charge in [-0.1, -0.05) is 49.3 Å². The summed E-state index contributed by atoms with van der Waals surface area (Å²) in [6.07, 6.45) is 8.07. The van der Waals surface area contributed by atoms with Crippen molar-refractivity contribution in [2.45, 2.75) is 77.6 Å². The van der Waals surface area contributed by atoms with Crippen molar-refractivity contribution in [2.75, 3.05) is 18.8 Å². The molecule has 2 aliphatic rings. The van der Waals surface area contributed by atoms with E-state index < -0.39 is 0 Å². The zero-order valence-electron chi connectivity index (χ0n) is 15.0. The van der Waals surface area contributed by atoms with E-state index in [0.717, 1.165) is 11.8 Å². The van der Waals surface area contributed by atoms with E-state index in [1.54, 1.807) is 0 Å². The Labute approximate surface area is 146 Å². The van der Waals surface area contributed by atoms with Gasteiger partial charge in [-0.2, -0.15) is 0 Å². The lowest BCUT2D eigenvalue weighted by molar-refractivity contribution is 0.257. The predicted octanol–water partition coefficient (Wildman–Crippen LogP) is 4.91. The van der Waals surface area contributed by atoms with E-state index >= 15 is 0 Å². The zero-order valence-corrected chi connectivity index (χ0v) is 16.6. The zero-order chi connectivity index (χ0) is 16.0. The molecular formula is C18H36N2S2. The summed E-state index contributed by atoms with van der Waals surface area (Å²) in [6.45, 7) is 12.0. The second-order valence-corrected chi connectivity index (χ2v) is 10.8. The first-order chi connectivity index (χ1) is 10.5. The summed E-state index contributed by atoms with van der Waals surface area (Å²) in [5, 5.41) is 8.31. The van der Waals surface area contributed by atoms with Crippen molar-refractivity contribution in [3.05, 3.63) is 0 Å². The average Bonchev–Trinajstić information content (AvgIpc) is 2.66. The van der Waals surface area contributed by atoms with Crippen LogP contribution in [0.15, 0.2) is 0 Å². The highest BCUT2D eigenvalue weighted by atomic mass is 33.1. The van der Waals surface area contributed by atoms with E-state index in [9.17, 15) is 0 Å². The molecule has 3 unspecified atom stereocenters. The first kappa shape index (κ1) is 19.0. The standard InChI is InChI=1S/C18H36N2S2/c1-5-16-7-6-14(2)9-11-21-22-17(20-16)15-8-10-19-13-18(3,4)12-15/h14-17,19-20H,5-13H2,1-4H3/t14?,15-,16?,17?/m1/s1. The van der Waals surface area contributed by atoms with Crippen molar-refractivity contribution in [2.24, 2.45) is 17.3 Å². The average molecular weight is 345 g/mol. The fraction of sp³-hybridized carbons (Fsp3) is 1.00. The Hall–Kier alpha value is 0.620. The number of hydrogen-bond acceptors (Lipinski definition) is 4. The Kier molecular flexibility index (Phi) is 7.92. The first-order valence-electron chi connectivity index (χ1n) is 9.25. The first-order valence-corrected chi connectivity index (χ1v) is 11.6. The molecule has 130 valence electrons. The highest BCUT2D eigenvalue weighted by Crippen LogP contribution is 2.39. The van der Waals surface area contributed by atoms with Crippen molar-refractivity contribution in [3.8, 4) is 0 Å². The maximum atomic E-state index is 4.04. The second-order valence-electron chi connectivity index (χ2n) is 8.18. The summed E-state index contributed by atoms with van der Waals surface area (Å²) in [5.74, 6) is 3.00. The molecule has 0 radical (unpaired) electrons. The van der Waals surface area contributed by atoms with Crippen LogP contribution in [0.25, 0.3) is 0 Å². The minimum Gasteiger partial charge on any atom is -0.316 e. The van der Waals surface area contributed by atoms with Crippen LogP contribution < -0.4 is 10.6 Å². The fourth-order valence-electron chi connectivity index (χ4n) is 3.74. The monoisotopic (exact) mass is 344 g/mol. The van der Waals surface area contributed by atoms with Crippen LogP contribution in [0.3, 0.4) is 0 Å². The van der Waals surface area contributed by atoms with Gasteiger partial charge in [-0.25, -0.2) is 0 Å². The molecular weight excluding hydrogens is 308 g/mol. The molecule has 2 nitrogen and oxygen atoms in total. The van der Waals surface area contributed by atoms with Gasteiger partial charge in [0.1, 0.15) is 0 Å². The third-order valence-corrected chi connectivity index (χ3v) is 8.10. The van der Waals surface area contributed by atoms with E-state index in [1.807, 2.05) is 0 Å². The van der Waals surface area contributed by atoms with Crippen molar-refractivity contribution in [1.82, 2.24) is 10.6 Å². The lowest BCUT2D eigenvalue weighted by Crippen LogP contribution is -2.42. The summed E-state index contributed by atoms with van der Waals surface area (Å²) < 4.78 is 0. The molecule has 4 heteroatoms. The number of hydrogen-bond donors (Lipinski definition) is 2. The maximum absolute atomic E-state index is 4.04. The predicted molar refractivity (Wildman–Crippen MR) is 103 cm³/mol. The number of rotatable bonds is 2. The molecule has 0 spiro atoms. The van der Waals surface area contributed by atoms with E-state index in [-0.39, 0.29) is 0 Å². The SMILES string of the molecule is CCC1CCC(C)CCSSC([C@@H]2CCNCC(C)(C)C2)N1. The molecule has 2 aliphatic heterocycles. The third-order valence-electron chi connectivity index (χ3n) is 5.30. The molecule has 0 amide bonds. The molecule has 0 saturated carbocycles. The van der Waals surface area contributed by atoms with Gasteiger partial charge in [0.05, 0.1) is 5.37 Å². The Bertz CT molecular complexity index is 322. The molecule has 0 aromatic heterocycles. The highest BCUT2D eigenvalue weighted by molar-refractivity contribution is 8.76. The van der Waals surface area contributed by atoms with Crippen molar-refractivity contribution < 1.29 is 0 Å². The quantitative estimate of drug-likeness (QED) is 0.695. The minimum atomic E-state index is 0.430. The lowest BCUT2D eigenvalue weighted by atomic mass is 9.82. The summed E-state index contributed by atoms with van der Waals surface area (Å²) in [6, 6.07) is 0.706. The van der Waals surface area contributed by atoms with Crippen molar-refractivity contribution in [1.29, 1.82) is 0 Å². The van der Waals surface area contributed by atoms with Gasteiger partial charge in [0.25, 0.3) is 0 Å². The van der Waals surface area contributed by atoms with Crippen LogP contribution in [0.5, 0.6) is 0 Å². The van der Waals surface area contributed by atoms with Crippen LogP contribution in [0, 0.1) is 17.3 Å². The van der Waals surface area contributed by atoms with E-state index in [4.69, 9.17) is 0 Å². The lowest BCUT2D eigenvalue weighted by Gasteiger charge is -2.35. The molecule has 2 fully saturated rings. The largest absolute Gasteiger partial charge is 0.316 e. The molecule has 0 aromatic carbocycles. The van der Waals surface area contributed by atoms with Gasteiger partial charge in [-0.3, -0.25) is 0 Å². The molecule has 0 aromatic rings. The van der Waals surface area contributed by atoms with Gasteiger partial charge in [-0.15, -0.1) is 0 Å². The van der Waals surface area contributed by atoms with Gasteiger partial charge < -0.3 is 10.6 Å². The second kappa shape index (κ2) is 9.19. The molecule has 4 atom stereocenters. The Morgan fingerprint density at radius 3 is 2.73 bits per heavy atom. The Morgan fingerprint density at radius 1 is 1.14 bits per heavy atom. The van der Waals surface area contributed by atoms with Gasteiger partial charge in [0.15, 0.2) is 0 Å². The normalized spacial score (nSPS) is 38.2. The van der Waals surface area contributed by atoms with E-state index in [0.29, 0.717) is 16.8 Å². The molecule has 0 aliphatic carbocycles. The third kappa shape index (κ3) is 6.26. The maximum Gasteiger partial charge on any atom is 0.0668 e. The summed E-state index contributed by atoms with van der Waals surface area (Å²) in [5.41, 5.74) is 0.430. The van der Waals surface area contributed by atoms with E-state index in [1.165, 1.54) is 57.4 Å². The molecule has 2 rings (SSSR count). The molecule has 2 heterocycles. The number of nitrogens with one attached hydrogen (secondary N) is 2. The Morgan fingerprint density at radius 2 is 1.95 bits per heavy atom. The van der Waals surface area contributed by atoms with Crippen LogP contribution in [-0.4, -0.2) is 30.3 Å².